The zero-order valence-electron chi connectivity index (χ0n) is 9.16. The first-order valence-corrected chi connectivity index (χ1v) is 5.66. The maximum absolute atomic E-state index is 3.26. The summed E-state index contributed by atoms with van der Waals surface area (Å²) in [4.78, 5) is 0. The van der Waals surface area contributed by atoms with Gasteiger partial charge in [0.1, 0.15) is 0 Å². The molecule has 0 unspecified atom stereocenters. The van der Waals surface area contributed by atoms with E-state index in [1.165, 1.54) is 38.5 Å². The van der Waals surface area contributed by atoms with Gasteiger partial charge in [0.15, 0.2) is 0 Å². The van der Waals surface area contributed by atoms with Crippen LogP contribution in [0.15, 0.2) is 0 Å². The largest absolute Gasteiger partial charge is 0.103 e. The van der Waals surface area contributed by atoms with E-state index < -0.39 is 0 Å². The van der Waals surface area contributed by atoms with E-state index in [4.69, 9.17) is 0 Å². The van der Waals surface area contributed by atoms with Crippen LogP contribution in [0, 0.1) is 17.3 Å². The molecule has 13 heavy (non-hydrogen) atoms. The summed E-state index contributed by atoms with van der Waals surface area (Å²) in [6.07, 6.45) is 10.3. The Morgan fingerprint density at radius 2 is 1.23 bits per heavy atom. The van der Waals surface area contributed by atoms with Crippen LogP contribution in [0.2, 0.25) is 0 Å². The Morgan fingerprint density at radius 3 is 1.69 bits per heavy atom. The van der Waals surface area contributed by atoms with E-state index in [2.05, 4.69) is 25.7 Å². The average Bonchev–Trinajstić information content (AvgIpc) is 2.10. The summed E-state index contributed by atoms with van der Waals surface area (Å²) < 4.78 is 0. The van der Waals surface area contributed by atoms with Crippen molar-refractivity contribution in [2.45, 2.75) is 65.2 Å². The van der Waals surface area contributed by atoms with Gasteiger partial charge in [0.05, 0.1) is 0 Å². The molecule has 1 aliphatic carbocycles. The molecule has 1 aliphatic rings. The lowest BCUT2D eigenvalue weighted by molar-refractivity contribution is 0.287. The molecule has 0 saturated carbocycles. The highest BCUT2D eigenvalue weighted by molar-refractivity contribution is 4.98. The topological polar surface area (TPSA) is 0 Å². The lowest BCUT2D eigenvalue weighted by Gasteiger charge is -2.24. The maximum atomic E-state index is 3.26. The van der Waals surface area contributed by atoms with E-state index in [0.717, 1.165) is 12.8 Å². The van der Waals surface area contributed by atoms with Gasteiger partial charge in [0, 0.05) is 12.8 Å². The molecule has 0 radical (unpaired) electrons. The standard InChI is InChI=1S/C13H22/c1-13(2)11-9-7-5-3-4-6-8-10-12-13/h5-12H2,1-2H3. The molecular weight excluding hydrogens is 156 g/mol. The van der Waals surface area contributed by atoms with Crippen molar-refractivity contribution in [1.82, 2.24) is 0 Å². The SMILES string of the molecule is CC1(C)CCCCC#CCCCC1. The van der Waals surface area contributed by atoms with Crippen LogP contribution in [0.25, 0.3) is 0 Å². The van der Waals surface area contributed by atoms with Gasteiger partial charge in [-0.05, 0) is 31.1 Å². The van der Waals surface area contributed by atoms with Gasteiger partial charge in [-0.15, -0.1) is 11.8 Å². The Hall–Kier alpha value is -0.440. The number of hydrogen-bond acceptors (Lipinski definition) is 0. The first kappa shape index (κ1) is 10.6. The van der Waals surface area contributed by atoms with Crippen molar-refractivity contribution >= 4 is 0 Å². The van der Waals surface area contributed by atoms with Gasteiger partial charge in [-0.2, -0.15) is 0 Å². The molecule has 0 aliphatic heterocycles. The van der Waals surface area contributed by atoms with E-state index in [-0.39, 0.29) is 0 Å². The van der Waals surface area contributed by atoms with Crippen LogP contribution >= 0.6 is 0 Å². The molecule has 0 atom stereocenters. The lowest BCUT2D eigenvalue weighted by Crippen LogP contribution is -2.10. The molecule has 0 spiro atoms. The lowest BCUT2D eigenvalue weighted by atomic mass is 9.82. The molecule has 0 aromatic rings. The van der Waals surface area contributed by atoms with Gasteiger partial charge >= 0.3 is 0 Å². The van der Waals surface area contributed by atoms with Crippen LogP contribution in [0.4, 0.5) is 0 Å². The summed E-state index contributed by atoms with van der Waals surface area (Å²) in [5.74, 6) is 6.52. The highest BCUT2D eigenvalue weighted by atomic mass is 14.2. The summed E-state index contributed by atoms with van der Waals surface area (Å²) in [6.45, 7) is 4.82. The van der Waals surface area contributed by atoms with Crippen LogP contribution < -0.4 is 0 Å². The summed E-state index contributed by atoms with van der Waals surface area (Å²) >= 11 is 0. The van der Waals surface area contributed by atoms with Gasteiger partial charge in [-0.3, -0.25) is 0 Å². The van der Waals surface area contributed by atoms with Crippen LogP contribution in [0.5, 0.6) is 0 Å². The van der Waals surface area contributed by atoms with Crippen molar-refractivity contribution in [3.63, 3.8) is 0 Å². The minimum Gasteiger partial charge on any atom is -0.103 e. The van der Waals surface area contributed by atoms with Gasteiger partial charge < -0.3 is 0 Å². The predicted octanol–water partition coefficient (Wildman–Crippen LogP) is 4.15. The zero-order chi connectivity index (χ0) is 9.57. The van der Waals surface area contributed by atoms with Crippen molar-refractivity contribution in [1.29, 1.82) is 0 Å². The summed E-state index contributed by atoms with van der Waals surface area (Å²) in [6, 6.07) is 0. The predicted molar refractivity (Wildman–Crippen MR) is 58.5 cm³/mol. The number of hydrogen-bond donors (Lipinski definition) is 0. The van der Waals surface area contributed by atoms with Crippen molar-refractivity contribution in [2.24, 2.45) is 5.41 Å². The Labute approximate surface area is 83.1 Å². The zero-order valence-corrected chi connectivity index (χ0v) is 9.16. The third-order valence-corrected chi connectivity index (χ3v) is 2.94. The second kappa shape index (κ2) is 5.32. The van der Waals surface area contributed by atoms with E-state index in [0.29, 0.717) is 5.41 Å². The fourth-order valence-electron chi connectivity index (χ4n) is 1.94. The van der Waals surface area contributed by atoms with E-state index in [1.807, 2.05) is 0 Å². The van der Waals surface area contributed by atoms with E-state index >= 15 is 0 Å². The Kier molecular flexibility index (Phi) is 4.36. The van der Waals surface area contributed by atoms with E-state index in [9.17, 15) is 0 Å². The Balaban J connectivity index is 2.36. The Morgan fingerprint density at radius 1 is 0.769 bits per heavy atom. The molecular formula is C13H22. The first-order chi connectivity index (χ1) is 6.21. The van der Waals surface area contributed by atoms with Crippen molar-refractivity contribution < 1.29 is 0 Å². The monoisotopic (exact) mass is 178 g/mol. The minimum absolute atomic E-state index is 0.574. The van der Waals surface area contributed by atoms with Crippen LogP contribution in [-0.4, -0.2) is 0 Å². The third-order valence-electron chi connectivity index (χ3n) is 2.94. The van der Waals surface area contributed by atoms with Gasteiger partial charge in [0.2, 0.25) is 0 Å². The minimum atomic E-state index is 0.574. The Bertz CT molecular complexity index is 172. The third kappa shape index (κ3) is 4.98. The molecule has 74 valence electrons. The average molecular weight is 178 g/mol. The van der Waals surface area contributed by atoms with Crippen LogP contribution in [0.1, 0.15) is 65.2 Å². The molecule has 0 aromatic heterocycles. The maximum Gasteiger partial charge on any atom is 0.00886 e. The quantitative estimate of drug-likeness (QED) is 0.489. The van der Waals surface area contributed by atoms with Gasteiger partial charge in [-0.25, -0.2) is 0 Å². The summed E-state index contributed by atoms with van der Waals surface area (Å²) in [5.41, 5.74) is 0.574. The molecule has 0 nitrogen and oxygen atoms in total. The fraction of sp³-hybridized carbons (Fsp3) is 0.846. The normalized spacial score (nSPS) is 23.8. The first-order valence-electron chi connectivity index (χ1n) is 5.66. The highest BCUT2D eigenvalue weighted by Crippen LogP contribution is 2.30. The molecule has 0 heteroatoms. The van der Waals surface area contributed by atoms with Gasteiger partial charge in [0.25, 0.3) is 0 Å². The fourth-order valence-corrected chi connectivity index (χ4v) is 1.94. The highest BCUT2D eigenvalue weighted by Gasteiger charge is 2.16. The molecule has 0 amide bonds. The molecule has 1 rings (SSSR count). The van der Waals surface area contributed by atoms with Crippen molar-refractivity contribution in [3.05, 3.63) is 0 Å². The molecule has 0 saturated heterocycles. The van der Waals surface area contributed by atoms with Crippen molar-refractivity contribution in [2.75, 3.05) is 0 Å². The number of rotatable bonds is 0. The van der Waals surface area contributed by atoms with Crippen LogP contribution in [0.3, 0.4) is 0 Å². The molecule has 0 bridgehead atoms. The van der Waals surface area contributed by atoms with Crippen molar-refractivity contribution in [3.8, 4) is 11.8 Å². The molecule has 0 N–H and O–H groups in total. The molecule has 0 fully saturated rings. The molecule has 0 aromatic carbocycles. The van der Waals surface area contributed by atoms with Gasteiger partial charge in [-0.1, -0.05) is 26.7 Å². The summed E-state index contributed by atoms with van der Waals surface area (Å²) in [7, 11) is 0. The second-order valence-corrected chi connectivity index (χ2v) is 4.93. The smallest absolute Gasteiger partial charge is 0.00886 e. The second-order valence-electron chi connectivity index (χ2n) is 4.93. The summed E-state index contributed by atoms with van der Waals surface area (Å²) in [5, 5.41) is 0. The van der Waals surface area contributed by atoms with E-state index in [1.54, 1.807) is 0 Å². The van der Waals surface area contributed by atoms with Crippen LogP contribution in [-0.2, 0) is 0 Å². The molecule has 0 heterocycles.